The van der Waals surface area contributed by atoms with Gasteiger partial charge in [-0.05, 0) is 38.1 Å². The molecule has 3 heteroatoms. The number of benzene rings is 1. The summed E-state index contributed by atoms with van der Waals surface area (Å²) in [4.78, 5) is 5.07. The van der Waals surface area contributed by atoms with Crippen molar-refractivity contribution in [2.45, 2.75) is 31.1 Å². The van der Waals surface area contributed by atoms with E-state index in [1.165, 1.54) is 43.7 Å². The molecule has 1 heterocycles. The Hall–Kier alpha value is -0.540. The third-order valence-corrected chi connectivity index (χ3v) is 4.42. The van der Waals surface area contributed by atoms with Gasteiger partial charge >= 0.3 is 0 Å². The van der Waals surface area contributed by atoms with Crippen LogP contribution in [0.3, 0.4) is 0 Å². The van der Waals surface area contributed by atoms with Gasteiger partial charge in [0.25, 0.3) is 0 Å². The minimum absolute atomic E-state index is 0.637. The molecule has 0 bridgehead atoms. The lowest BCUT2D eigenvalue weighted by molar-refractivity contribution is 0.328. The van der Waals surface area contributed by atoms with Gasteiger partial charge in [0.2, 0.25) is 0 Å². The number of nitrogens with zero attached hydrogens (tertiary/aromatic N) is 2. The molecular formula is C15H23BrN2. The van der Waals surface area contributed by atoms with Crippen LogP contribution in [0.15, 0.2) is 24.3 Å². The van der Waals surface area contributed by atoms with E-state index < -0.39 is 0 Å². The molecule has 0 radical (unpaired) electrons. The third-order valence-electron chi connectivity index (χ3n) is 3.82. The first-order chi connectivity index (χ1) is 8.76. The SMILES string of the molecule is CCC1CN(C)CCCN1c1ccccc1CBr. The lowest BCUT2D eigenvalue weighted by atomic mass is 10.1. The number of alkyl halides is 1. The number of halogens is 1. The summed E-state index contributed by atoms with van der Waals surface area (Å²) < 4.78 is 0. The van der Waals surface area contributed by atoms with Gasteiger partial charge < -0.3 is 9.80 Å². The van der Waals surface area contributed by atoms with Gasteiger partial charge in [-0.1, -0.05) is 41.1 Å². The first-order valence-corrected chi connectivity index (χ1v) is 7.97. The molecule has 0 aromatic heterocycles. The summed E-state index contributed by atoms with van der Waals surface area (Å²) in [6.07, 6.45) is 2.46. The quantitative estimate of drug-likeness (QED) is 0.788. The Balaban J connectivity index is 2.28. The molecule has 1 aliphatic rings. The molecule has 1 aromatic carbocycles. The van der Waals surface area contributed by atoms with Crippen molar-refractivity contribution >= 4 is 21.6 Å². The maximum atomic E-state index is 3.61. The summed E-state index contributed by atoms with van der Waals surface area (Å²) in [6.45, 7) is 5.86. The minimum Gasteiger partial charge on any atom is -0.367 e. The largest absolute Gasteiger partial charge is 0.367 e. The maximum absolute atomic E-state index is 3.61. The molecule has 0 amide bonds. The summed E-state index contributed by atoms with van der Waals surface area (Å²) in [6, 6.07) is 9.42. The van der Waals surface area contributed by atoms with Gasteiger partial charge in [0.1, 0.15) is 0 Å². The average molecular weight is 311 g/mol. The topological polar surface area (TPSA) is 6.48 Å². The molecule has 2 rings (SSSR count). The van der Waals surface area contributed by atoms with E-state index in [2.05, 4.69) is 64.0 Å². The Morgan fingerprint density at radius 2 is 2.06 bits per heavy atom. The minimum atomic E-state index is 0.637. The number of hydrogen-bond acceptors (Lipinski definition) is 2. The summed E-state index contributed by atoms with van der Waals surface area (Å²) in [5, 5.41) is 0.936. The van der Waals surface area contributed by atoms with E-state index in [1.807, 2.05) is 0 Å². The van der Waals surface area contributed by atoms with E-state index in [4.69, 9.17) is 0 Å². The van der Waals surface area contributed by atoms with Crippen molar-refractivity contribution in [1.82, 2.24) is 4.90 Å². The zero-order valence-electron chi connectivity index (χ0n) is 11.4. The second-order valence-electron chi connectivity index (χ2n) is 5.13. The molecule has 1 saturated heterocycles. The van der Waals surface area contributed by atoms with Gasteiger partial charge in [-0.3, -0.25) is 0 Å². The molecule has 1 fully saturated rings. The van der Waals surface area contributed by atoms with E-state index >= 15 is 0 Å². The van der Waals surface area contributed by atoms with E-state index in [0.717, 1.165) is 5.33 Å². The lowest BCUT2D eigenvalue weighted by Crippen LogP contribution is -2.40. The summed E-state index contributed by atoms with van der Waals surface area (Å²) >= 11 is 3.61. The van der Waals surface area contributed by atoms with E-state index in [1.54, 1.807) is 0 Å². The van der Waals surface area contributed by atoms with Crippen LogP contribution in [0.25, 0.3) is 0 Å². The fourth-order valence-corrected chi connectivity index (χ4v) is 3.29. The Labute approximate surface area is 119 Å². The molecule has 0 saturated carbocycles. The smallest absolute Gasteiger partial charge is 0.0414 e. The molecule has 1 atom stereocenters. The molecule has 0 spiro atoms. The van der Waals surface area contributed by atoms with Crippen LogP contribution in [0.4, 0.5) is 5.69 Å². The molecule has 100 valence electrons. The molecule has 0 N–H and O–H groups in total. The molecular weight excluding hydrogens is 288 g/mol. The van der Waals surface area contributed by atoms with Crippen molar-refractivity contribution in [2.24, 2.45) is 0 Å². The van der Waals surface area contributed by atoms with Crippen LogP contribution in [-0.4, -0.2) is 37.6 Å². The number of para-hydroxylation sites is 1. The Morgan fingerprint density at radius 1 is 1.28 bits per heavy atom. The Morgan fingerprint density at radius 3 is 2.78 bits per heavy atom. The van der Waals surface area contributed by atoms with Gasteiger partial charge in [-0.15, -0.1) is 0 Å². The zero-order valence-corrected chi connectivity index (χ0v) is 13.0. The lowest BCUT2D eigenvalue weighted by Gasteiger charge is -2.33. The van der Waals surface area contributed by atoms with Crippen molar-refractivity contribution in [3.8, 4) is 0 Å². The fourth-order valence-electron chi connectivity index (χ4n) is 2.81. The highest BCUT2D eigenvalue weighted by Crippen LogP contribution is 2.27. The van der Waals surface area contributed by atoms with Gasteiger partial charge in [-0.25, -0.2) is 0 Å². The highest BCUT2D eigenvalue weighted by atomic mass is 79.9. The van der Waals surface area contributed by atoms with Gasteiger partial charge in [0.05, 0.1) is 0 Å². The van der Waals surface area contributed by atoms with Crippen LogP contribution in [0, 0.1) is 0 Å². The first kappa shape index (κ1) is 13.9. The summed E-state index contributed by atoms with van der Waals surface area (Å²) in [7, 11) is 2.24. The second-order valence-corrected chi connectivity index (χ2v) is 5.69. The molecule has 2 nitrogen and oxygen atoms in total. The molecule has 0 aliphatic carbocycles. The number of rotatable bonds is 3. The highest BCUT2D eigenvalue weighted by molar-refractivity contribution is 9.08. The monoisotopic (exact) mass is 310 g/mol. The number of likely N-dealkylation sites (N-methyl/N-ethyl adjacent to an activating group) is 1. The van der Waals surface area contributed by atoms with Crippen molar-refractivity contribution in [2.75, 3.05) is 31.6 Å². The van der Waals surface area contributed by atoms with Crippen LogP contribution >= 0.6 is 15.9 Å². The standard InChI is InChI=1S/C15H23BrN2/c1-3-14-12-17(2)9-6-10-18(14)15-8-5-4-7-13(15)11-16/h4-5,7-8,14H,3,6,9-12H2,1-2H3. The third kappa shape index (κ3) is 3.07. The van der Waals surface area contributed by atoms with Gasteiger partial charge in [0.15, 0.2) is 0 Å². The zero-order chi connectivity index (χ0) is 13.0. The van der Waals surface area contributed by atoms with Gasteiger partial charge in [0, 0.05) is 30.1 Å². The molecule has 1 unspecified atom stereocenters. The predicted molar refractivity (Wildman–Crippen MR) is 82.6 cm³/mol. The Bertz CT molecular complexity index is 381. The molecule has 1 aromatic rings. The Kier molecular flexibility index (Phi) is 5.07. The van der Waals surface area contributed by atoms with Crippen LogP contribution in [0.1, 0.15) is 25.3 Å². The molecule has 1 aliphatic heterocycles. The summed E-state index contributed by atoms with van der Waals surface area (Å²) in [5.41, 5.74) is 2.82. The first-order valence-electron chi connectivity index (χ1n) is 6.85. The normalized spacial score (nSPS) is 21.9. The summed E-state index contributed by atoms with van der Waals surface area (Å²) in [5.74, 6) is 0. The highest BCUT2D eigenvalue weighted by Gasteiger charge is 2.23. The van der Waals surface area contributed by atoms with Crippen LogP contribution in [0.2, 0.25) is 0 Å². The maximum Gasteiger partial charge on any atom is 0.0414 e. The fraction of sp³-hybridized carbons (Fsp3) is 0.600. The second kappa shape index (κ2) is 6.58. The van der Waals surface area contributed by atoms with E-state index in [0.29, 0.717) is 6.04 Å². The van der Waals surface area contributed by atoms with Crippen molar-refractivity contribution < 1.29 is 0 Å². The van der Waals surface area contributed by atoms with Crippen LogP contribution in [0.5, 0.6) is 0 Å². The number of anilines is 1. The average Bonchev–Trinajstić information content (AvgIpc) is 2.60. The van der Waals surface area contributed by atoms with E-state index in [-0.39, 0.29) is 0 Å². The van der Waals surface area contributed by atoms with Crippen molar-refractivity contribution in [3.63, 3.8) is 0 Å². The predicted octanol–water partition coefficient (Wildman–Crippen LogP) is 3.50. The van der Waals surface area contributed by atoms with Crippen LogP contribution in [-0.2, 0) is 5.33 Å². The van der Waals surface area contributed by atoms with E-state index in [9.17, 15) is 0 Å². The van der Waals surface area contributed by atoms with Crippen LogP contribution < -0.4 is 4.90 Å². The number of hydrogen-bond donors (Lipinski definition) is 0. The van der Waals surface area contributed by atoms with Gasteiger partial charge in [-0.2, -0.15) is 0 Å². The molecule has 18 heavy (non-hydrogen) atoms. The van der Waals surface area contributed by atoms with Crippen molar-refractivity contribution in [3.05, 3.63) is 29.8 Å². The van der Waals surface area contributed by atoms with Crippen molar-refractivity contribution in [1.29, 1.82) is 0 Å².